The minimum atomic E-state index is -2.89. The van der Waals surface area contributed by atoms with Crippen LogP contribution < -0.4 is 10.6 Å². The number of ether oxygens (including phenoxy) is 1. The molecular formula is C23H26ClF3N4O2. The van der Waals surface area contributed by atoms with E-state index in [9.17, 15) is 18.0 Å². The first kappa shape index (κ1) is 23.9. The zero-order valence-corrected chi connectivity index (χ0v) is 19.0. The van der Waals surface area contributed by atoms with E-state index in [0.717, 1.165) is 17.3 Å². The lowest BCUT2D eigenvalue weighted by atomic mass is 9.96. The van der Waals surface area contributed by atoms with E-state index >= 15 is 0 Å². The summed E-state index contributed by atoms with van der Waals surface area (Å²) >= 11 is 6.12. The van der Waals surface area contributed by atoms with Gasteiger partial charge in [0.25, 0.3) is 6.43 Å². The number of nitrogens with zero attached hydrogens (tertiary/aromatic N) is 2. The van der Waals surface area contributed by atoms with Crippen LogP contribution in [0.4, 0.5) is 19.0 Å². The maximum atomic E-state index is 14.6. The molecule has 0 radical (unpaired) electrons. The minimum Gasteiger partial charge on any atom is -0.378 e. The summed E-state index contributed by atoms with van der Waals surface area (Å²) in [6, 6.07) is 3.09. The van der Waals surface area contributed by atoms with Crippen LogP contribution in [0.2, 0.25) is 5.28 Å². The van der Waals surface area contributed by atoms with Gasteiger partial charge in [-0.05, 0) is 43.7 Å². The third-order valence-electron chi connectivity index (χ3n) is 6.26. The van der Waals surface area contributed by atoms with Gasteiger partial charge < -0.3 is 15.4 Å². The normalized spacial score (nSPS) is 21.2. The number of carbonyl (C=O) groups is 1. The lowest BCUT2D eigenvalue weighted by Crippen LogP contribution is -2.46. The fraction of sp³-hybridized carbons (Fsp3) is 0.522. The summed E-state index contributed by atoms with van der Waals surface area (Å²) in [6.45, 7) is 3.37. The van der Waals surface area contributed by atoms with E-state index in [0.29, 0.717) is 51.3 Å². The molecule has 2 heterocycles. The van der Waals surface area contributed by atoms with Crippen molar-refractivity contribution in [2.24, 2.45) is 5.92 Å². The number of alkyl halides is 2. The molecule has 4 rings (SSSR count). The van der Waals surface area contributed by atoms with Crippen molar-refractivity contribution in [3.05, 3.63) is 51.7 Å². The SMILES string of the molecule is C[C@@H](Nc1nc(Cl)nc2c1CC(CCC(=O)[C@H]1COCCN1)C2)c1cccc(C(F)F)c1F. The van der Waals surface area contributed by atoms with E-state index in [1.54, 1.807) is 6.92 Å². The Morgan fingerprint density at radius 1 is 1.30 bits per heavy atom. The second-order valence-corrected chi connectivity index (χ2v) is 8.88. The average molecular weight is 483 g/mol. The molecule has 1 fully saturated rings. The van der Waals surface area contributed by atoms with Crippen LogP contribution in [0.15, 0.2) is 18.2 Å². The maximum Gasteiger partial charge on any atom is 0.266 e. The highest BCUT2D eigenvalue weighted by molar-refractivity contribution is 6.28. The smallest absolute Gasteiger partial charge is 0.266 e. The number of nitrogens with one attached hydrogen (secondary N) is 2. The molecule has 2 aliphatic rings. The molecule has 2 aromatic rings. The highest BCUT2D eigenvalue weighted by Gasteiger charge is 2.30. The molecule has 1 aliphatic carbocycles. The number of ketones is 1. The Morgan fingerprint density at radius 2 is 2.09 bits per heavy atom. The molecule has 1 aromatic heterocycles. The Morgan fingerprint density at radius 3 is 2.82 bits per heavy atom. The molecule has 1 saturated heterocycles. The number of carbonyl (C=O) groups excluding carboxylic acids is 1. The van der Waals surface area contributed by atoms with Crippen molar-refractivity contribution in [3.8, 4) is 0 Å². The van der Waals surface area contributed by atoms with Crippen LogP contribution in [-0.4, -0.2) is 41.6 Å². The first-order valence-electron chi connectivity index (χ1n) is 11.1. The summed E-state index contributed by atoms with van der Waals surface area (Å²) in [5, 5.41) is 6.37. The first-order valence-corrected chi connectivity index (χ1v) is 11.4. The highest BCUT2D eigenvalue weighted by Crippen LogP contribution is 2.36. The molecule has 1 aromatic carbocycles. The Labute approximate surface area is 195 Å². The van der Waals surface area contributed by atoms with Crippen molar-refractivity contribution in [1.82, 2.24) is 15.3 Å². The number of morpholine rings is 1. The third-order valence-corrected chi connectivity index (χ3v) is 6.43. The largest absolute Gasteiger partial charge is 0.378 e. The number of Topliss-reactive ketones (excluding diaryl/α,β-unsaturated/α-hetero) is 1. The second-order valence-electron chi connectivity index (χ2n) is 8.54. The van der Waals surface area contributed by atoms with Gasteiger partial charge in [0.2, 0.25) is 5.28 Å². The summed E-state index contributed by atoms with van der Waals surface area (Å²) in [5.41, 5.74) is 1.16. The van der Waals surface area contributed by atoms with Gasteiger partial charge in [-0.1, -0.05) is 18.2 Å². The quantitative estimate of drug-likeness (QED) is 0.542. The fourth-order valence-electron chi connectivity index (χ4n) is 4.49. The second kappa shape index (κ2) is 10.4. The summed E-state index contributed by atoms with van der Waals surface area (Å²) in [4.78, 5) is 21.1. The van der Waals surface area contributed by atoms with Gasteiger partial charge in [-0.25, -0.2) is 23.1 Å². The monoisotopic (exact) mass is 482 g/mol. The van der Waals surface area contributed by atoms with E-state index in [1.807, 2.05) is 0 Å². The fourth-order valence-corrected chi connectivity index (χ4v) is 4.67. The number of hydrogen-bond donors (Lipinski definition) is 2. The van der Waals surface area contributed by atoms with Crippen LogP contribution in [-0.2, 0) is 22.4 Å². The number of rotatable bonds is 8. The highest BCUT2D eigenvalue weighted by atomic mass is 35.5. The van der Waals surface area contributed by atoms with Crippen LogP contribution >= 0.6 is 11.6 Å². The predicted molar refractivity (Wildman–Crippen MR) is 118 cm³/mol. The number of anilines is 1. The van der Waals surface area contributed by atoms with Gasteiger partial charge in [-0.3, -0.25) is 4.79 Å². The molecule has 2 N–H and O–H groups in total. The van der Waals surface area contributed by atoms with Crippen molar-refractivity contribution in [3.63, 3.8) is 0 Å². The Hall–Kier alpha value is -2.23. The standard InChI is InChI=1S/C23H26ClF3N4O2/c1-12(14-3-2-4-15(20(14)25)21(26)27)29-22-16-9-13(10-17(16)30-23(24)31-22)5-6-19(32)18-11-33-8-7-28-18/h2-4,12-13,18,21,28H,5-11H2,1H3,(H,29,30,31)/t12-,13?,18-/m1/s1. The molecular weight excluding hydrogens is 457 g/mol. The summed E-state index contributed by atoms with van der Waals surface area (Å²) in [5.74, 6) is -0.122. The lowest BCUT2D eigenvalue weighted by Gasteiger charge is -2.23. The molecule has 3 atom stereocenters. The summed E-state index contributed by atoms with van der Waals surface area (Å²) < 4.78 is 46.1. The van der Waals surface area contributed by atoms with Crippen LogP contribution in [0, 0.1) is 11.7 Å². The molecule has 0 bridgehead atoms. The van der Waals surface area contributed by atoms with Crippen molar-refractivity contribution in [2.45, 2.75) is 51.1 Å². The number of halogens is 4. The van der Waals surface area contributed by atoms with Crippen molar-refractivity contribution >= 4 is 23.2 Å². The van der Waals surface area contributed by atoms with Gasteiger partial charge >= 0.3 is 0 Å². The molecule has 0 amide bonds. The lowest BCUT2D eigenvalue weighted by molar-refractivity contribution is -0.124. The number of benzene rings is 1. The minimum absolute atomic E-state index is 0.0607. The molecule has 178 valence electrons. The van der Waals surface area contributed by atoms with Crippen LogP contribution in [0.3, 0.4) is 0 Å². The summed E-state index contributed by atoms with van der Waals surface area (Å²) in [7, 11) is 0. The van der Waals surface area contributed by atoms with Crippen molar-refractivity contribution < 1.29 is 22.7 Å². The maximum absolute atomic E-state index is 14.6. The van der Waals surface area contributed by atoms with Crippen LogP contribution in [0.25, 0.3) is 0 Å². The Balaban J connectivity index is 1.44. The number of hydrogen-bond acceptors (Lipinski definition) is 6. The van der Waals surface area contributed by atoms with Gasteiger partial charge in [-0.2, -0.15) is 0 Å². The average Bonchev–Trinajstić information content (AvgIpc) is 3.21. The topological polar surface area (TPSA) is 76.1 Å². The van der Waals surface area contributed by atoms with E-state index in [2.05, 4.69) is 20.6 Å². The zero-order valence-electron chi connectivity index (χ0n) is 18.2. The summed E-state index contributed by atoms with van der Waals surface area (Å²) in [6.07, 6.45) is -0.439. The molecule has 0 spiro atoms. The van der Waals surface area contributed by atoms with E-state index < -0.39 is 23.8 Å². The third kappa shape index (κ3) is 5.47. The van der Waals surface area contributed by atoms with Gasteiger partial charge in [0.1, 0.15) is 11.6 Å². The number of aromatic nitrogens is 2. The van der Waals surface area contributed by atoms with Gasteiger partial charge in [-0.15, -0.1) is 0 Å². The van der Waals surface area contributed by atoms with Crippen molar-refractivity contribution in [2.75, 3.05) is 25.1 Å². The predicted octanol–water partition coefficient (Wildman–Crippen LogP) is 4.43. The molecule has 1 unspecified atom stereocenters. The van der Waals surface area contributed by atoms with E-state index in [-0.39, 0.29) is 28.6 Å². The van der Waals surface area contributed by atoms with Gasteiger partial charge in [0.15, 0.2) is 5.78 Å². The molecule has 1 aliphatic heterocycles. The van der Waals surface area contributed by atoms with Crippen LogP contribution in [0.1, 0.15) is 54.6 Å². The molecule has 33 heavy (non-hydrogen) atoms. The molecule has 6 nitrogen and oxygen atoms in total. The number of fused-ring (bicyclic) bond motifs is 1. The zero-order chi connectivity index (χ0) is 23.5. The molecule has 10 heteroatoms. The van der Waals surface area contributed by atoms with Crippen LogP contribution in [0.5, 0.6) is 0 Å². The molecule has 0 saturated carbocycles. The first-order chi connectivity index (χ1) is 15.8. The van der Waals surface area contributed by atoms with Crippen molar-refractivity contribution in [1.29, 1.82) is 0 Å². The Kier molecular flexibility index (Phi) is 7.51. The van der Waals surface area contributed by atoms with Gasteiger partial charge in [0.05, 0.1) is 36.6 Å². The van der Waals surface area contributed by atoms with E-state index in [1.165, 1.54) is 12.1 Å². The van der Waals surface area contributed by atoms with E-state index in [4.69, 9.17) is 16.3 Å². The Bertz CT molecular complexity index is 1020. The van der Waals surface area contributed by atoms with Gasteiger partial charge in [0, 0.05) is 24.1 Å².